The Morgan fingerprint density at radius 2 is 2.00 bits per heavy atom. The van der Waals surface area contributed by atoms with Gasteiger partial charge in [0.05, 0.1) is 10.9 Å². The van der Waals surface area contributed by atoms with Gasteiger partial charge in [0.1, 0.15) is 5.75 Å². The monoisotopic (exact) mass is 446 g/mol. The van der Waals surface area contributed by atoms with Crippen molar-refractivity contribution in [1.82, 2.24) is 10.2 Å². The molecule has 1 saturated heterocycles. The van der Waals surface area contributed by atoms with Crippen LogP contribution in [0.2, 0.25) is 10.0 Å². The number of nitrogens with one attached hydrogen (secondary N) is 1. The molecule has 2 heterocycles. The molecule has 30 heavy (non-hydrogen) atoms. The molecule has 1 atom stereocenters. The zero-order chi connectivity index (χ0) is 21.1. The van der Waals surface area contributed by atoms with Crippen LogP contribution in [-0.4, -0.2) is 35.2 Å². The van der Waals surface area contributed by atoms with Gasteiger partial charge in [0.2, 0.25) is 11.8 Å². The van der Waals surface area contributed by atoms with Gasteiger partial charge in [-0.2, -0.15) is 0 Å². The molecule has 0 aliphatic carbocycles. The van der Waals surface area contributed by atoms with Gasteiger partial charge in [-0.25, -0.2) is 0 Å². The van der Waals surface area contributed by atoms with Gasteiger partial charge in [-0.1, -0.05) is 46.5 Å². The molecule has 3 aromatic rings. The maximum atomic E-state index is 12.3. The average molecular weight is 447 g/mol. The summed E-state index contributed by atoms with van der Waals surface area (Å²) in [5, 5.41) is 11.0. The molecule has 1 fully saturated rings. The van der Waals surface area contributed by atoms with E-state index in [1.165, 1.54) is 6.07 Å². The fourth-order valence-electron chi connectivity index (χ4n) is 3.07. The number of hydrogen-bond donors (Lipinski definition) is 1. The van der Waals surface area contributed by atoms with Crippen LogP contribution in [0.25, 0.3) is 0 Å². The highest BCUT2D eigenvalue weighted by molar-refractivity contribution is 6.35. The molecule has 2 amide bonds. The Bertz CT molecular complexity index is 1070. The molecule has 0 saturated carbocycles. The van der Waals surface area contributed by atoms with Crippen molar-refractivity contribution in [2.75, 3.05) is 23.4 Å². The molecule has 1 aliphatic heterocycles. The van der Waals surface area contributed by atoms with Crippen molar-refractivity contribution >= 4 is 46.7 Å². The van der Waals surface area contributed by atoms with Gasteiger partial charge in [-0.15, -0.1) is 5.10 Å². The third kappa shape index (κ3) is 4.55. The second-order valence-corrected chi connectivity index (χ2v) is 7.44. The maximum Gasteiger partial charge on any atom is 0.322 e. The molecule has 0 spiro atoms. The van der Waals surface area contributed by atoms with Gasteiger partial charge < -0.3 is 14.1 Å². The summed E-state index contributed by atoms with van der Waals surface area (Å²) in [7, 11) is 0. The van der Waals surface area contributed by atoms with E-state index < -0.39 is 5.91 Å². The van der Waals surface area contributed by atoms with E-state index in [4.69, 9.17) is 32.4 Å². The first-order valence-electron chi connectivity index (χ1n) is 9.06. The normalized spacial score (nSPS) is 16.0. The topological polar surface area (TPSA) is 97.6 Å². The maximum absolute atomic E-state index is 12.3. The van der Waals surface area contributed by atoms with Crippen molar-refractivity contribution in [2.24, 2.45) is 0 Å². The van der Waals surface area contributed by atoms with E-state index in [9.17, 15) is 9.59 Å². The van der Waals surface area contributed by atoms with E-state index in [-0.39, 0.29) is 30.9 Å². The molecule has 10 heteroatoms. The van der Waals surface area contributed by atoms with E-state index in [0.717, 1.165) is 5.69 Å². The number of amides is 2. The molecule has 1 aliphatic rings. The molecule has 2 aromatic carbocycles. The Balaban J connectivity index is 1.34. The minimum Gasteiger partial charge on any atom is -0.482 e. The van der Waals surface area contributed by atoms with Crippen LogP contribution in [0.4, 0.5) is 11.7 Å². The number of halogens is 2. The van der Waals surface area contributed by atoms with Gasteiger partial charge in [-0.3, -0.25) is 14.9 Å². The lowest BCUT2D eigenvalue weighted by Crippen LogP contribution is -2.24. The van der Waals surface area contributed by atoms with Crippen LogP contribution in [0.5, 0.6) is 5.75 Å². The average Bonchev–Trinajstić information content (AvgIpc) is 3.34. The zero-order valence-corrected chi connectivity index (χ0v) is 17.1. The smallest absolute Gasteiger partial charge is 0.322 e. The summed E-state index contributed by atoms with van der Waals surface area (Å²) < 4.78 is 10.9. The number of benzene rings is 2. The lowest BCUT2D eigenvalue weighted by molar-refractivity contribution is -0.118. The first kappa shape index (κ1) is 20.2. The number of ether oxygens (including phenoxy) is 1. The van der Waals surface area contributed by atoms with Crippen LogP contribution in [0.1, 0.15) is 18.2 Å². The van der Waals surface area contributed by atoms with Crippen molar-refractivity contribution in [2.45, 2.75) is 12.3 Å². The number of aromatic nitrogens is 2. The van der Waals surface area contributed by atoms with Crippen LogP contribution in [0.15, 0.2) is 52.9 Å². The Hall–Kier alpha value is -3.10. The summed E-state index contributed by atoms with van der Waals surface area (Å²) in [6.45, 7) is 0.124. The zero-order valence-electron chi connectivity index (χ0n) is 15.5. The Kier molecular flexibility index (Phi) is 5.87. The highest BCUT2D eigenvalue weighted by Crippen LogP contribution is 2.31. The van der Waals surface area contributed by atoms with Crippen molar-refractivity contribution in [3.8, 4) is 5.75 Å². The van der Waals surface area contributed by atoms with Crippen LogP contribution < -0.4 is 15.0 Å². The molecule has 1 aromatic heterocycles. The Labute approximate surface area is 181 Å². The number of nitrogens with zero attached hydrogens (tertiary/aromatic N) is 3. The highest BCUT2D eigenvalue weighted by atomic mass is 35.5. The minimum absolute atomic E-state index is 0.0248. The Morgan fingerprint density at radius 1 is 1.20 bits per heavy atom. The van der Waals surface area contributed by atoms with Crippen molar-refractivity contribution in [1.29, 1.82) is 0 Å². The molecule has 8 nitrogen and oxygen atoms in total. The number of para-hydroxylation sites is 1. The Morgan fingerprint density at radius 3 is 2.77 bits per heavy atom. The summed E-state index contributed by atoms with van der Waals surface area (Å²) >= 11 is 11.8. The first-order valence-corrected chi connectivity index (χ1v) is 9.81. The standard InChI is InChI=1S/C20H16Cl2N4O4/c21-13-6-7-16(15(22)9-13)29-11-17(27)23-20-25-24-19(30-20)12-8-18(28)26(10-12)14-4-2-1-3-5-14/h1-7,9,12H,8,10-11H2,(H,23,25,27). The lowest BCUT2D eigenvalue weighted by atomic mass is 10.1. The van der Waals surface area contributed by atoms with Crippen LogP contribution >= 0.6 is 23.2 Å². The van der Waals surface area contributed by atoms with Gasteiger partial charge in [0.25, 0.3) is 5.91 Å². The third-order valence-electron chi connectivity index (χ3n) is 4.48. The second kappa shape index (κ2) is 8.73. The number of carbonyl (C=O) groups is 2. The first-order chi connectivity index (χ1) is 14.5. The molecule has 0 bridgehead atoms. The van der Waals surface area contributed by atoms with Crippen molar-refractivity contribution in [3.05, 3.63) is 64.5 Å². The van der Waals surface area contributed by atoms with Crippen molar-refractivity contribution in [3.63, 3.8) is 0 Å². The third-order valence-corrected chi connectivity index (χ3v) is 5.01. The predicted molar refractivity (Wildman–Crippen MR) is 111 cm³/mol. The molecule has 154 valence electrons. The molecular formula is C20H16Cl2N4O4. The number of hydrogen-bond acceptors (Lipinski definition) is 6. The van der Waals surface area contributed by atoms with Gasteiger partial charge in [-0.05, 0) is 30.3 Å². The molecule has 4 rings (SSSR count). The molecule has 1 unspecified atom stereocenters. The fourth-order valence-corrected chi connectivity index (χ4v) is 3.53. The highest BCUT2D eigenvalue weighted by Gasteiger charge is 2.35. The van der Waals surface area contributed by atoms with E-state index in [1.807, 2.05) is 30.3 Å². The van der Waals surface area contributed by atoms with Crippen LogP contribution in [-0.2, 0) is 9.59 Å². The summed E-state index contributed by atoms with van der Waals surface area (Å²) in [4.78, 5) is 26.1. The van der Waals surface area contributed by atoms with Gasteiger partial charge >= 0.3 is 6.01 Å². The fraction of sp³-hybridized carbons (Fsp3) is 0.200. The second-order valence-electron chi connectivity index (χ2n) is 6.60. The molecule has 0 radical (unpaired) electrons. The quantitative estimate of drug-likeness (QED) is 0.616. The number of rotatable bonds is 6. The number of anilines is 2. The summed E-state index contributed by atoms with van der Waals surface area (Å²) in [5.41, 5.74) is 0.816. The molecular weight excluding hydrogens is 431 g/mol. The lowest BCUT2D eigenvalue weighted by Gasteiger charge is -2.15. The van der Waals surface area contributed by atoms with E-state index in [0.29, 0.717) is 28.2 Å². The summed E-state index contributed by atoms with van der Waals surface area (Å²) in [6.07, 6.45) is 0.253. The van der Waals surface area contributed by atoms with Crippen molar-refractivity contribution < 1.29 is 18.7 Å². The van der Waals surface area contributed by atoms with Crippen LogP contribution in [0.3, 0.4) is 0 Å². The molecule has 1 N–H and O–H groups in total. The largest absolute Gasteiger partial charge is 0.482 e. The predicted octanol–water partition coefficient (Wildman–Crippen LogP) is 3.91. The van der Waals surface area contributed by atoms with E-state index in [1.54, 1.807) is 17.0 Å². The van der Waals surface area contributed by atoms with E-state index in [2.05, 4.69) is 15.5 Å². The SMILES string of the molecule is O=C(COc1ccc(Cl)cc1Cl)Nc1nnc(C2CC(=O)N(c3ccccc3)C2)o1. The summed E-state index contributed by atoms with van der Waals surface area (Å²) in [6, 6.07) is 14.0. The van der Waals surface area contributed by atoms with Gasteiger partial charge in [0, 0.05) is 23.7 Å². The summed E-state index contributed by atoms with van der Waals surface area (Å²) in [5.74, 6) is -0.153. The van der Waals surface area contributed by atoms with Gasteiger partial charge in [0.15, 0.2) is 6.61 Å². The van der Waals surface area contributed by atoms with E-state index >= 15 is 0 Å². The van der Waals surface area contributed by atoms with Crippen LogP contribution in [0, 0.1) is 0 Å². The number of carbonyl (C=O) groups excluding carboxylic acids is 2. The minimum atomic E-state index is -0.496.